The predicted octanol–water partition coefficient (Wildman–Crippen LogP) is 10.1. The number of halogens is 3. The molecule has 0 fully saturated rings. The van der Waals surface area contributed by atoms with Crippen LogP contribution in [0.5, 0.6) is 23.0 Å². The number of Topliss-reactive ketones (excluding diaryl/α,β-unsaturated/α-hetero) is 1. The first-order valence-electron chi connectivity index (χ1n) is 20.2. The summed E-state index contributed by atoms with van der Waals surface area (Å²) in [5.74, 6) is 0.284. The molecule has 12 nitrogen and oxygen atoms in total. The monoisotopic (exact) mass is 968 g/mol. The number of ether oxygens (including phenoxy) is 4. The molecule has 0 bridgehead atoms. The third-order valence-electron chi connectivity index (χ3n) is 9.24. The minimum Gasteiger partial charge on any atom is -0.494 e. The number of nitrogen functional groups attached to an aromatic ring is 1. The number of thiazole rings is 1. The molecule has 0 saturated heterocycles. The Kier molecular flexibility index (Phi) is 23.4. The summed E-state index contributed by atoms with van der Waals surface area (Å²) in [5, 5.41) is 5.29. The second-order valence-corrected chi connectivity index (χ2v) is 15.0. The zero-order valence-electron chi connectivity index (χ0n) is 36.4. The molecule has 0 aliphatic rings. The van der Waals surface area contributed by atoms with Gasteiger partial charge in [-0.05, 0) is 111 Å². The highest BCUT2D eigenvalue weighted by Crippen LogP contribution is 2.31. The van der Waals surface area contributed by atoms with Crippen LogP contribution in [0.4, 0.5) is 31.1 Å². The van der Waals surface area contributed by atoms with Gasteiger partial charge < -0.3 is 39.8 Å². The molecule has 0 radical (unpaired) electrons. The standard InChI is InChI=1S/C23H27FN4O3S.C14H20N2OS.C9H8BrFO2/c1-4-28(5-2)12-13-31-17-9-7-16(8-10-17)26-23-27-22(25)21(32-23)20(29)15-6-11-19(30-3)18(24)14-15;1-3-16(4-2)10-11-17-14-7-5-13(6-8-14)15-9-12-18;1-13-9-3-2-6(4-7(9)11)8(12)5-10/h6-11,14H,4-5,12-13,25H2,1-3H3,(H,26,27);5-9,12H,3-4,10-11H2,1-2H3;2-4H,5H2,1H3. The average Bonchev–Trinajstić information content (AvgIpc) is 3.68. The van der Waals surface area contributed by atoms with Gasteiger partial charge in [0.2, 0.25) is 5.78 Å². The predicted molar refractivity (Wildman–Crippen MR) is 259 cm³/mol. The second-order valence-electron chi connectivity index (χ2n) is 13.1. The summed E-state index contributed by atoms with van der Waals surface area (Å²) in [5.41, 5.74) is 8.13. The van der Waals surface area contributed by atoms with E-state index in [0.29, 0.717) is 23.9 Å². The van der Waals surface area contributed by atoms with Gasteiger partial charge in [-0.15, -0.1) is 0 Å². The molecule has 0 unspecified atom stereocenters. The van der Waals surface area contributed by atoms with Gasteiger partial charge in [-0.3, -0.25) is 14.6 Å². The first-order chi connectivity index (χ1) is 30.4. The van der Waals surface area contributed by atoms with Crippen LogP contribution in [-0.4, -0.2) is 110 Å². The number of hydrogen-bond acceptors (Lipinski definition) is 14. The molecule has 3 N–H and O–H groups in total. The van der Waals surface area contributed by atoms with Crippen molar-refractivity contribution in [3.8, 4) is 23.0 Å². The third-order valence-corrected chi connectivity index (χ3v) is 10.9. The number of carbonyl (C=O) groups excluding carboxylic acids is 2. The first-order valence-corrected chi connectivity index (χ1v) is 22.6. The van der Waals surface area contributed by atoms with E-state index in [4.69, 9.17) is 24.7 Å². The summed E-state index contributed by atoms with van der Waals surface area (Å²) in [4.78, 5) is 37.1. The SMILES string of the molecule is CCN(CC)CCOc1ccc(N=CC=S)cc1.CCN(CC)CCOc1ccc(Nc2nc(N)c(C(=O)c3ccc(OC)c(F)c3)s2)cc1.COc1ccc(C(=O)CBr)cc1F. The van der Waals surface area contributed by atoms with Crippen LogP contribution < -0.4 is 30.0 Å². The van der Waals surface area contributed by atoms with Crippen LogP contribution in [0.15, 0.2) is 89.9 Å². The fraction of sp³-hybridized carbons (Fsp3) is 0.326. The number of nitrogens with zero attached hydrogens (tertiary/aromatic N) is 4. The van der Waals surface area contributed by atoms with Crippen LogP contribution in [0.1, 0.15) is 53.3 Å². The Morgan fingerprint density at radius 2 is 1.29 bits per heavy atom. The molecule has 0 spiro atoms. The van der Waals surface area contributed by atoms with E-state index in [0.717, 1.165) is 79.5 Å². The molecular weight excluding hydrogens is 915 g/mol. The highest BCUT2D eigenvalue weighted by molar-refractivity contribution is 9.09. The van der Waals surface area contributed by atoms with Crippen LogP contribution in [-0.2, 0) is 0 Å². The zero-order valence-corrected chi connectivity index (χ0v) is 39.6. The molecule has 4 aromatic carbocycles. The molecule has 5 rings (SSSR count). The molecular formula is C46H55BrF2N6O6S2. The van der Waals surface area contributed by atoms with Crippen molar-refractivity contribution in [2.75, 3.05) is 83.1 Å². The quantitative estimate of drug-likeness (QED) is 0.0295. The van der Waals surface area contributed by atoms with E-state index < -0.39 is 17.4 Å². The summed E-state index contributed by atoms with van der Waals surface area (Å²) in [6, 6.07) is 23.3. The summed E-state index contributed by atoms with van der Waals surface area (Å²) < 4.78 is 48.1. The second kappa shape index (κ2) is 28.4. The Morgan fingerprint density at radius 1 is 0.794 bits per heavy atom. The molecule has 0 amide bonds. The highest BCUT2D eigenvalue weighted by atomic mass is 79.9. The number of carbonyl (C=O) groups is 2. The number of hydrogen-bond donors (Lipinski definition) is 2. The fourth-order valence-electron chi connectivity index (χ4n) is 5.57. The Hall–Kier alpha value is -5.33. The molecule has 1 heterocycles. The van der Waals surface area contributed by atoms with E-state index in [1.807, 2.05) is 48.5 Å². The number of benzene rings is 4. The summed E-state index contributed by atoms with van der Waals surface area (Å²) in [6.45, 7) is 15.9. The van der Waals surface area contributed by atoms with Gasteiger partial charge in [-0.25, -0.2) is 13.8 Å². The van der Waals surface area contributed by atoms with Crippen molar-refractivity contribution in [3.63, 3.8) is 0 Å². The van der Waals surface area contributed by atoms with Gasteiger partial charge in [0.15, 0.2) is 34.0 Å². The minimum absolute atomic E-state index is 0.0710. The van der Waals surface area contributed by atoms with E-state index in [2.05, 4.69) is 80.9 Å². The number of aliphatic imine (C=N–C) groups is 1. The van der Waals surface area contributed by atoms with Gasteiger partial charge in [-0.2, -0.15) is 0 Å². The van der Waals surface area contributed by atoms with Crippen LogP contribution in [0.3, 0.4) is 0 Å². The number of rotatable bonds is 22. The summed E-state index contributed by atoms with van der Waals surface area (Å²) in [6.07, 6.45) is 1.60. The van der Waals surface area contributed by atoms with Crippen LogP contribution in [0, 0.1) is 11.6 Å². The lowest BCUT2D eigenvalue weighted by Crippen LogP contribution is -2.27. The summed E-state index contributed by atoms with van der Waals surface area (Å²) >= 11 is 8.80. The number of aromatic nitrogens is 1. The smallest absolute Gasteiger partial charge is 0.206 e. The van der Waals surface area contributed by atoms with E-state index >= 15 is 0 Å². The molecule has 0 atom stereocenters. The Bertz CT molecular complexity index is 2200. The largest absolute Gasteiger partial charge is 0.494 e. The topological polar surface area (TPSA) is 141 Å². The zero-order chi connectivity index (χ0) is 46.1. The Morgan fingerprint density at radius 3 is 1.75 bits per heavy atom. The van der Waals surface area contributed by atoms with E-state index in [9.17, 15) is 18.4 Å². The van der Waals surface area contributed by atoms with Crippen molar-refractivity contribution >= 4 is 85.0 Å². The van der Waals surface area contributed by atoms with Gasteiger partial charge in [-0.1, -0.05) is 67.2 Å². The molecule has 63 heavy (non-hydrogen) atoms. The van der Waals surface area contributed by atoms with Crippen LogP contribution in [0.2, 0.25) is 0 Å². The molecule has 1 aromatic heterocycles. The minimum atomic E-state index is -0.612. The molecule has 0 aliphatic carbocycles. The van der Waals surface area contributed by atoms with E-state index in [-0.39, 0.29) is 38.9 Å². The van der Waals surface area contributed by atoms with E-state index in [1.54, 1.807) is 6.21 Å². The number of methoxy groups -OCH3 is 2. The maximum Gasteiger partial charge on any atom is 0.206 e. The van der Waals surface area contributed by atoms with Gasteiger partial charge in [0.1, 0.15) is 35.4 Å². The molecule has 0 aliphatic heterocycles. The van der Waals surface area contributed by atoms with Crippen molar-refractivity contribution in [1.82, 2.24) is 14.8 Å². The average molecular weight is 970 g/mol. The normalized spacial score (nSPS) is 10.7. The van der Waals surface area contributed by atoms with Gasteiger partial charge >= 0.3 is 0 Å². The van der Waals surface area contributed by atoms with Crippen molar-refractivity contribution < 1.29 is 37.3 Å². The molecule has 5 aromatic rings. The van der Waals surface area contributed by atoms with Gasteiger partial charge in [0.25, 0.3) is 0 Å². The fourth-order valence-corrected chi connectivity index (χ4v) is 6.82. The van der Waals surface area contributed by atoms with Crippen molar-refractivity contribution in [2.45, 2.75) is 27.7 Å². The lowest BCUT2D eigenvalue weighted by molar-refractivity contribution is 0.102. The number of anilines is 3. The number of nitrogens with two attached hydrogens (primary N) is 1. The summed E-state index contributed by atoms with van der Waals surface area (Å²) in [7, 11) is 2.74. The Balaban J connectivity index is 0.000000285. The molecule has 17 heteroatoms. The van der Waals surface area contributed by atoms with Gasteiger partial charge in [0.05, 0.1) is 25.2 Å². The number of ketones is 2. The lowest BCUT2D eigenvalue weighted by atomic mass is 10.1. The number of alkyl halides is 1. The van der Waals surface area contributed by atoms with Crippen molar-refractivity contribution in [1.29, 1.82) is 0 Å². The first kappa shape index (κ1) is 52.0. The molecule has 0 saturated carbocycles. The molecule has 338 valence electrons. The third kappa shape index (κ3) is 17.4. The van der Waals surface area contributed by atoms with Crippen molar-refractivity contribution in [2.24, 2.45) is 4.99 Å². The lowest BCUT2D eigenvalue weighted by Gasteiger charge is -2.18. The van der Waals surface area contributed by atoms with Crippen LogP contribution >= 0.6 is 39.5 Å². The Labute approximate surface area is 386 Å². The van der Waals surface area contributed by atoms with Crippen molar-refractivity contribution in [3.05, 3.63) is 113 Å². The highest BCUT2D eigenvalue weighted by Gasteiger charge is 2.20. The maximum atomic E-state index is 14.0. The number of likely N-dealkylation sites (N-methyl/N-ethyl adjacent to an activating group) is 2. The maximum absolute atomic E-state index is 14.0. The van der Waals surface area contributed by atoms with Gasteiger partial charge in [0, 0.05) is 41.5 Å². The number of nitrogens with one attached hydrogen (secondary N) is 1. The van der Waals surface area contributed by atoms with E-state index in [1.165, 1.54) is 49.9 Å². The van der Waals surface area contributed by atoms with Crippen LogP contribution in [0.25, 0.3) is 0 Å². The number of thiocarbonyl (C=S) groups is 1.